The molecule has 5 rings (SSSR count). The van der Waals surface area contributed by atoms with Gasteiger partial charge in [-0.3, -0.25) is 19.2 Å². The van der Waals surface area contributed by atoms with Crippen molar-refractivity contribution in [3.05, 3.63) is 60.2 Å². The van der Waals surface area contributed by atoms with Gasteiger partial charge in [0.2, 0.25) is 17.7 Å². The molecule has 4 aliphatic rings. The zero-order valence-electron chi connectivity index (χ0n) is 26.2. The quantitative estimate of drug-likeness (QED) is 0.376. The van der Waals surface area contributed by atoms with Crippen LogP contribution in [0.25, 0.3) is 0 Å². The number of aliphatic hydroxyl groups excluding tert-OH is 1. The molecule has 2 saturated heterocycles. The molecule has 238 valence electrons. The molecule has 10 heteroatoms. The van der Waals surface area contributed by atoms with E-state index >= 15 is 0 Å². The third kappa shape index (κ3) is 5.70. The number of ether oxygens (including phenoxy) is 2. The number of amides is 3. The highest BCUT2D eigenvalue weighted by molar-refractivity contribution is 5.99. The first-order chi connectivity index (χ1) is 21.0. The molecular formula is C34H45N3O7. The predicted molar refractivity (Wildman–Crippen MR) is 163 cm³/mol. The van der Waals surface area contributed by atoms with Crippen molar-refractivity contribution < 1.29 is 33.8 Å². The van der Waals surface area contributed by atoms with Crippen LogP contribution in [0.1, 0.15) is 65.5 Å². The number of carbonyl (C=O) groups excluding carboxylic acids is 4. The maximum atomic E-state index is 14.6. The van der Waals surface area contributed by atoms with Crippen LogP contribution in [0.3, 0.4) is 0 Å². The predicted octanol–water partition coefficient (Wildman–Crippen LogP) is 2.92. The molecule has 3 amide bonds. The van der Waals surface area contributed by atoms with E-state index in [2.05, 4.69) is 5.32 Å². The third-order valence-electron chi connectivity index (χ3n) is 9.29. The number of cyclic esters (lactones) is 1. The summed E-state index contributed by atoms with van der Waals surface area (Å²) in [4.78, 5) is 59.2. The first-order valence-electron chi connectivity index (χ1n) is 15.8. The summed E-state index contributed by atoms with van der Waals surface area (Å²) in [5.74, 6) is -3.37. The number of allylic oxidation sites excluding steroid dienone is 1. The molecule has 44 heavy (non-hydrogen) atoms. The van der Waals surface area contributed by atoms with Crippen LogP contribution in [0.5, 0.6) is 0 Å². The number of esters is 1. The maximum Gasteiger partial charge on any atom is 0.313 e. The molecule has 2 fully saturated rings. The summed E-state index contributed by atoms with van der Waals surface area (Å²) < 4.78 is 12.7. The lowest BCUT2D eigenvalue weighted by Gasteiger charge is -2.40. The van der Waals surface area contributed by atoms with Crippen LogP contribution in [0.4, 0.5) is 0 Å². The standard InChI is InChI=1S/C34H45N3O7/c1-20(2)18-24(19-38)37-30-32(41)36(21(3)4)17-11-7-10-14-26(39)35-22(5)29(23-12-8-6-9-13-23)43-33(42)27-25-15-16-34(30,44-25)28(27)31(37)40/h6-9,11-13,15-16,20-22,24-25,27-30,38H,10,14,17-19H2,1-5H3,(H,35,39)/b11-7-/t22-,24+,25+,27-,28-,29+,30+,34-/m0/s1. The van der Waals surface area contributed by atoms with Crippen molar-refractivity contribution in [1.29, 1.82) is 0 Å². The molecule has 5 bridgehead atoms. The monoisotopic (exact) mass is 607 g/mol. The Kier molecular flexibility index (Phi) is 9.32. The fourth-order valence-corrected chi connectivity index (χ4v) is 7.31. The molecule has 8 atom stereocenters. The second-order valence-corrected chi connectivity index (χ2v) is 13.1. The number of benzene rings is 1. The van der Waals surface area contributed by atoms with Gasteiger partial charge in [0.1, 0.15) is 23.7 Å². The molecule has 0 radical (unpaired) electrons. The SMILES string of the molecule is CC(C)C[C@H](CO)N1C(=O)[C@@H]2[C@H]3C(=O)O[C@@H](c4ccccc4)[C@H](C)NC(=O)CC/C=C\CN(C(C)C)C(=O)[C@@H]1[C@]21C=C[C@H]3O1. The molecule has 0 saturated carbocycles. The normalized spacial score (nSPS) is 34.0. The number of carbonyl (C=O) groups is 4. The van der Waals surface area contributed by atoms with Gasteiger partial charge in [0.05, 0.1) is 30.7 Å². The van der Waals surface area contributed by atoms with Gasteiger partial charge >= 0.3 is 5.97 Å². The Morgan fingerprint density at radius 2 is 1.77 bits per heavy atom. The van der Waals surface area contributed by atoms with E-state index in [9.17, 15) is 24.3 Å². The molecule has 4 heterocycles. The smallest absolute Gasteiger partial charge is 0.313 e. The van der Waals surface area contributed by atoms with E-state index in [1.165, 1.54) is 4.90 Å². The Morgan fingerprint density at radius 3 is 2.43 bits per heavy atom. The fraction of sp³-hybridized carbons (Fsp3) is 0.588. The number of fused-ring (bicyclic) bond motifs is 2. The van der Waals surface area contributed by atoms with E-state index in [1.807, 2.05) is 70.2 Å². The first-order valence-corrected chi connectivity index (χ1v) is 15.8. The lowest BCUT2D eigenvalue weighted by Crippen LogP contribution is -2.59. The topological polar surface area (TPSA) is 125 Å². The molecule has 2 N–H and O–H groups in total. The Hall–Kier alpha value is -3.50. The molecule has 1 aromatic rings. The highest BCUT2D eigenvalue weighted by Crippen LogP contribution is 2.56. The van der Waals surface area contributed by atoms with Crippen LogP contribution in [-0.4, -0.2) is 87.6 Å². The van der Waals surface area contributed by atoms with Crippen LogP contribution < -0.4 is 5.32 Å². The number of nitrogens with zero attached hydrogens (tertiary/aromatic N) is 2. The summed E-state index contributed by atoms with van der Waals surface area (Å²) in [6.45, 7) is 9.55. The summed E-state index contributed by atoms with van der Waals surface area (Å²) in [5.41, 5.74) is -0.669. The van der Waals surface area contributed by atoms with Gasteiger partial charge in [-0.2, -0.15) is 0 Å². The summed E-state index contributed by atoms with van der Waals surface area (Å²) in [6, 6.07) is 6.74. The summed E-state index contributed by atoms with van der Waals surface area (Å²) in [7, 11) is 0. The van der Waals surface area contributed by atoms with Crippen molar-refractivity contribution in [3.63, 3.8) is 0 Å². The summed E-state index contributed by atoms with van der Waals surface area (Å²) in [6.07, 6.45) is 6.88. The van der Waals surface area contributed by atoms with E-state index in [-0.39, 0.29) is 43.3 Å². The lowest BCUT2D eigenvalue weighted by molar-refractivity contribution is -0.162. The maximum absolute atomic E-state index is 14.6. The lowest BCUT2D eigenvalue weighted by atomic mass is 9.74. The number of rotatable bonds is 6. The number of hydrogen-bond acceptors (Lipinski definition) is 7. The van der Waals surface area contributed by atoms with Crippen LogP contribution in [-0.2, 0) is 28.7 Å². The van der Waals surface area contributed by atoms with Crippen LogP contribution in [0, 0.1) is 17.8 Å². The Balaban J connectivity index is 1.61. The molecule has 1 aromatic carbocycles. The van der Waals surface area contributed by atoms with Crippen LogP contribution in [0.2, 0.25) is 0 Å². The number of likely N-dealkylation sites (tertiary alicyclic amines) is 1. The average Bonchev–Trinajstić information content (AvgIpc) is 3.63. The van der Waals surface area contributed by atoms with Gasteiger partial charge in [-0.05, 0) is 45.1 Å². The zero-order valence-corrected chi connectivity index (χ0v) is 26.2. The Labute approximate surface area is 259 Å². The van der Waals surface area contributed by atoms with Gasteiger partial charge in [0.25, 0.3) is 0 Å². The molecule has 0 unspecified atom stereocenters. The second-order valence-electron chi connectivity index (χ2n) is 13.1. The van der Waals surface area contributed by atoms with Crippen molar-refractivity contribution in [3.8, 4) is 0 Å². The van der Waals surface area contributed by atoms with E-state index in [4.69, 9.17) is 9.47 Å². The molecular weight excluding hydrogens is 562 g/mol. The number of hydrogen-bond donors (Lipinski definition) is 2. The minimum absolute atomic E-state index is 0.139. The van der Waals surface area contributed by atoms with Gasteiger partial charge in [-0.25, -0.2) is 0 Å². The van der Waals surface area contributed by atoms with Gasteiger partial charge in [0, 0.05) is 19.0 Å². The van der Waals surface area contributed by atoms with Gasteiger partial charge < -0.3 is 29.7 Å². The van der Waals surface area contributed by atoms with Gasteiger partial charge in [-0.1, -0.05) is 68.5 Å². The van der Waals surface area contributed by atoms with Crippen molar-refractivity contribution in [2.24, 2.45) is 17.8 Å². The van der Waals surface area contributed by atoms with E-state index in [0.717, 1.165) is 0 Å². The summed E-state index contributed by atoms with van der Waals surface area (Å²) in [5, 5.41) is 13.5. The van der Waals surface area contributed by atoms with Crippen molar-refractivity contribution >= 4 is 23.7 Å². The fourth-order valence-electron chi connectivity index (χ4n) is 7.31. The van der Waals surface area contributed by atoms with E-state index in [0.29, 0.717) is 18.4 Å². The van der Waals surface area contributed by atoms with Crippen molar-refractivity contribution in [1.82, 2.24) is 15.1 Å². The first kappa shape index (κ1) is 31.9. The molecule has 0 aliphatic carbocycles. The van der Waals surface area contributed by atoms with E-state index in [1.54, 1.807) is 24.0 Å². The Morgan fingerprint density at radius 1 is 1.05 bits per heavy atom. The molecule has 10 nitrogen and oxygen atoms in total. The van der Waals surface area contributed by atoms with Crippen LogP contribution in [0.15, 0.2) is 54.6 Å². The van der Waals surface area contributed by atoms with E-state index < -0.39 is 59.6 Å². The number of aliphatic hydroxyl groups is 1. The minimum Gasteiger partial charge on any atom is -0.455 e. The molecule has 4 aliphatic heterocycles. The Bertz CT molecular complexity index is 1310. The van der Waals surface area contributed by atoms with Crippen LogP contribution >= 0.6 is 0 Å². The largest absolute Gasteiger partial charge is 0.455 e. The van der Waals surface area contributed by atoms with Gasteiger partial charge in [0.15, 0.2) is 0 Å². The highest BCUT2D eigenvalue weighted by Gasteiger charge is 2.74. The minimum atomic E-state index is -1.38. The molecule has 0 aromatic heterocycles. The van der Waals surface area contributed by atoms with Crippen molar-refractivity contribution in [2.75, 3.05) is 13.2 Å². The molecule has 1 spiro atoms. The second kappa shape index (κ2) is 12.9. The zero-order chi connectivity index (χ0) is 31.8. The average molecular weight is 608 g/mol. The number of nitrogens with one attached hydrogen (secondary N) is 1. The highest BCUT2D eigenvalue weighted by atomic mass is 16.6. The summed E-state index contributed by atoms with van der Waals surface area (Å²) >= 11 is 0. The van der Waals surface area contributed by atoms with Crippen molar-refractivity contribution in [2.45, 2.75) is 95.9 Å². The third-order valence-corrected chi connectivity index (χ3v) is 9.29. The van der Waals surface area contributed by atoms with Gasteiger partial charge in [-0.15, -0.1) is 0 Å².